The van der Waals surface area contributed by atoms with E-state index in [0.717, 1.165) is 36.3 Å². The van der Waals surface area contributed by atoms with Gasteiger partial charge in [0.05, 0.1) is 13.2 Å². The first kappa shape index (κ1) is 19.6. The molecule has 0 aliphatic heterocycles. The Balaban J connectivity index is 2.01. The van der Waals surface area contributed by atoms with Crippen molar-refractivity contribution in [3.05, 3.63) is 29.3 Å². The molecule has 5 nitrogen and oxygen atoms in total. The van der Waals surface area contributed by atoms with Crippen LogP contribution in [0.15, 0.2) is 23.2 Å². The van der Waals surface area contributed by atoms with Gasteiger partial charge in [-0.2, -0.15) is 0 Å². The maximum atomic E-state index is 5.76. The first-order valence-electron chi connectivity index (χ1n) is 9.46. The second-order valence-corrected chi connectivity index (χ2v) is 6.99. The smallest absolute Gasteiger partial charge is 0.191 e. The second kappa shape index (κ2) is 9.66. The van der Waals surface area contributed by atoms with Crippen LogP contribution in [-0.2, 0) is 6.54 Å². The summed E-state index contributed by atoms with van der Waals surface area (Å²) in [5, 5.41) is 6.86. The number of nitrogens with zero attached hydrogens (tertiary/aromatic N) is 2. The van der Waals surface area contributed by atoms with E-state index in [1.165, 1.54) is 18.4 Å². The number of rotatable bonds is 9. The minimum atomic E-state index is 0.571. The maximum absolute atomic E-state index is 5.76. The van der Waals surface area contributed by atoms with Crippen LogP contribution in [-0.4, -0.2) is 50.7 Å². The van der Waals surface area contributed by atoms with Crippen LogP contribution >= 0.6 is 0 Å². The summed E-state index contributed by atoms with van der Waals surface area (Å²) in [4.78, 5) is 7.08. The molecule has 0 heterocycles. The third-order valence-corrected chi connectivity index (χ3v) is 4.58. The molecule has 0 radical (unpaired) electrons. The Bertz CT molecular complexity index is 565. The zero-order valence-electron chi connectivity index (χ0n) is 16.4. The highest BCUT2D eigenvalue weighted by Gasteiger charge is 2.32. The van der Waals surface area contributed by atoms with Crippen LogP contribution in [0.1, 0.15) is 37.8 Å². The highest BCUT2D eigenvalue weighted by atomic mass is 16.5. The third kappa shape index (κ3) is 6.24. The SMILES string of the molecule is CCNC(=NCc1ccc(C)cc1OCC)NCC(C1CC1)N(C)C. The Hall–Kier alpha value is -1.75. The van der Waals surface area contributed by atoms with Gasteiger partial charge in [0, 0.05) is 24.7 Å². The number of likely N-dealkylation sites (N-methyl/N-ethyl adjacent to an activating group) is 1. The normalized spacial score (nSPS) is 16.0. The molecule has 0 spiro atoms. The maximum Gasteiger partial charge on any atom is 0.191 e. The minimum Gasteiger partial charge on any atom is -0.494 e. The lowest BCUT2D eigenvalue weighted by Crippen LogP contribution is -2.46. The molecular formula is C20H34N4O. The van der Waals surface area contributed by atoms with Crippen molar-refractivity contribution in [1.82, 2.24) is 15.5 Å². The van der Waals surface area contributed by atoms with Gasteiger partial charge in [0.15, 0.2) is 5.96 Å². The lowest BCUT2D eigenvalue weighted by atomic mass is 10.1. The van der Waals surface area contributed by atoms with E-state index in [4.69, 9.17) is 9.73 Å². The molecule has 2 N–H and O–H groups in total. The number of aliphatic imine (C=N–C) groups is 1. The van der Waals surface area contributed by atoms with Crippen molar-refractivity contribution in [2.75, 3.05) is 33.8 Å². The predicted molar refractivity (Wildman–Crippen MR) is 105 cm³/mol. The van der Waals surface area contributed by atoms with E-state index in [1.807, 2.05) is 6.92 Å². The summed E-state index contributed by atoms with van der Waals surface area (Å²) in [6.07, 6.45) is 2.69. The summed E-state index contributed by atoms with van der Waals surface area (Å²) in [6, 6.07) is 6.88. The van der Waals surface area contributed by atoms with E-state index in [2.05, 4.69) is 61.7 Å². The van der Waals surface area contributed by atoms with Crippen molar-refractivity contribution in [1.29, 1.82) is 0 Å². The summed E-state index contributed by atoms with van der Waals surface area (Å²) in [5.41, 5.74) is 2.33. The van der Waals surface area contributed by atoms with Gasteiger partial charge in [0.2, 0.25) is 0 Å². The largest absolute Gasteiger partial charge is 0.494 e. The second-order valence-electron chi connectivity index (χ2n) is 6.99. The molecule has 1 unspecified atom stereocenters. The van der Waals surface area contributed by atoms with Gasteiger partial charge in [-0.25, -0.2) is 4.99 Å². The summed E-state index contributed by atoms with van der Waals surface area (Å²) >= 11 is 0. The van der Waals surface area contributed by atoms with Crippen molar-refractivity contribution >= 4 is 5.96 Å². The lowest BCUT2D eigenvalue weighted by Gasteiger charge is -2.25. The van der Waals surface area contributed by atoms with E-state index < -0.39 is 0 Å². The van der Waals surface area contributed by atoms with Crippen molar-refractivity contribution in [2.45, 2.75) is 46.2 Å². The number of aryl methyl sites for hydroxylation is 1. The van der Waals surface area contributed by atoms with Crippen LogP contribution in [0, 0.1) is 12.8 Å². The fraction of sp³-hybridized carbons (Fsp3) is 0.650. The average Bonchev–Trinajstić information content (AvgIpc) is 3.39. The van der Waals surface area contributed by atoms with Crippen LogP contribution in [0.4, 0.5) is 0 Å². The number of benzene rings is 1. The molecule has 1 aliphatic rings. The summed E-state index contributed by atoms with van der Waals surface area (Å²) in [7, 11) is 4.32. The molecule has 5 heteroatoms. The third-order valence-electron chi connectivity index (χ3n) is 4.58. The molecule has 25 heavy (non-hydrogen) atoms. The van der Waals surface area contributed by atoms with E-state index in [-0.39, 0.29) is 0 Å². The number of guanidine groups is 1. The quantitative estimate of drug-likeness (QED) is 0.533. The Morgan fingerprint density at radius 3 is 2.64 bits per heavy atom. The van der Waals surface area contributed by atoms with Crippen molar-refractivity contribution in [3.63, 3.8) is 0 Å². The van der Waals surface area contributed by atoms with E-state index in [9.17, 15) is 0 Å². The molecule has 1 fully saturated rings. The molecule has 0 amide bonds. The van der Waals surface area contributed by atoms with Crippen molar-refractivity contribution in [3.8, 4) is 5.75 Å². The zero-order valence-corrected chi connectivity index (χ0v) is 16.4. The molecule has 0 aromatic heterocycles. The minimum absolute atomic E-state index is 0.571. The van der Waals surface area contributed by atoms with Crippen LogP contribution in [0.2, 0.25) is 0 Å². The molecule has 0 saturated heterocycles. The van der Waals surface area contributed by atoms with E-state index in [1.54, 1.807) is 0 Å². The van der Waals surface area contributed by atoms with Gasteiger partial charge < -0.3 is 20.3 Å². The first-order chi connectivity index (χ1) is 12.0. The Morgan fingerprint density at radius 1 is 1.28 bits per heavy atom. The molecule has 0 bridgehead atoms. The van der Waals surface area contributed by atoms with Gasteiger partial charge in [-0.1, -0.05) is 12.1 Å². The van der Waals surface area contributed by atoms with E-state index >= 15 is 0 Å². The molecule has 140 valence electrons. The highest BCUT2D eigenvalue weighted by Crippen LogP contribution is 2.34. The van der Waals surface area contributed by atoms with E-state index in [0.29, 0.717) is 19.2 Å². The standard InChI is InChI=1S/C20H34N4O/c1-6-21-20(23-14-18(24(4)5)16-10-11-16)22-13-17-9-8-15(3)12-19(17)25-7-2/h8-9,12,16,18H,6-7,10-11,13-14H2,1-5H3,(H2,21,22,23). The summed E-state index contributed by atoms with van der Waals surface area (Å²) in [6.45, 7) is 9.26. The zero-order chi connectivity index (χ0) is 18.2. The number of ether oxygens (including phenoxy) is 1. The fourth-order valence-electron chi connectivity index (χ4n) is 3.04. The molecule has 1 saturated carbocycles. The van der Waals surface area contributed by atoms with Crippen LogP contribution in [0.25, 0.3) is 0 Å². The van der Waals surface area contributed by atoms with Crippen molar-refractivity contribution in [2.24, 2.45) is 10.9 Å². The van der Waals surface area contributed by atoms with Crippen molar-refractivity contribution < 1.29 is 4.74 Å². The lowest BCUT2D eigenvalue weighted by molar-refractivity contribution is 0.264. The van der Waals surface area contributed by atoms with Gasteiger partial charge >= 0.3 is 0 Å². The topological polar surface area (TPSA) is 48.9 Å². The monoisotopic (exact) mass is 346 g/mol. The van der Waals surface area contributed by atoms with Gasteiger partial charge in [0.25, 0.3) is 0 Å². The van der Waals surface area contributed by atoms with Gasteiger partial charge in [-0.3, -0.25) is 0 Å². The molecule has 1 aliphatic carbocycles. The molecule has 2 rings (SSSR count). The predicted octanol–water partition coefficient (Wildman–Crippen LogP) is 2.79. The number of hydrogen-bond acceptors (Lipinski definition) is 3. The fourth-order valence-corrected chi connectivity index (χ4v) is 3.04. The first-order valence-corrected chi connectivity index (χ1v) is 9.46. The molecule has 1 atom stereocenters. The van der Waals surface area contributed by atoms with Crippen LogP contribution in [0.3, 0.4) is 0 Å². The number of nitrogens with one attached hydrogen (secondary N) is 2. The highest BCUT2D eigenvalue weighted by molar-refractivity contribution is 5.79. The molecule has 1 aromatic rings. The Kier molecular flexibility index (Phi) is 7.56. The summed E-state index contributed by atoms with van der Waals surface area (Å²) < 4.78 is 5.76. The summed E-state index contributed by atoms with van der Waals surface area (Å²) in [5.74, 6) is 2.64. The molecule has 1 aromatic carbocycles. The van der Waals surface area contributed by atoms with Gasteiger partial charge in [-0.15, -0.1) is 0 Å². The Morgan fingerprint density at radius 2 is 2.04 bits per heavy atom. The van der Waals surface area contributed by atoms with Gasteiger partial charge in [-0.05, 0) is 65.3 Å². The Labute approximate surface area is 152 Å². The van der Waals surface area contributed by atoms with Crippen LogP contribution in [0.5, 0.6) is 5.75 Å². The van der Waals surface area contributed by atoms with Gasteiger partial charge in [0.1, 0.15) is 5.75 Å². The number of hydrogen-bond donors (Lipinski definition) is 2. The average molecular weight is 347 g/mol. The molecular weight excluding hydrogens is 312 g/mol. The van der Waals surface area contributed by atoms with Crippen LogP contribution < -0.4 is 15.4 Å².